The zero-order chi connectivity index (χ0) is 52.5. The third-order valence-corrected chi connectivity index (χ3v) is 10.6. The van der Waals surface area contributed by atoms with Gasteiger partial charge in [0, 0.05) is 0 Å². The average molecular weight is 1000 g/mol. The number of carbonyl (C=O) groups excluding carboxylic acids is 4. The first-order chi connectivity index (χ1) is 33.7. The fraction of sp³-hybridized carbons (Fsp3) is 0.774. The van der Waals surface area contributed by atoms with Crippen LogP contribution in [0.25, 0.3) is 0 Å². The molecule has 0 saturated carbocycles. The number of cyclic esters (lactones) is 2. The van der Waals surface area contributed by atoms with Crippen molar-refractivity contribution >= 4 is 35.8 Å². The number of carboxylic acid groups (broad SMARTS) is 2. The van der Waals surface area contributed by atoms with E-state index >= 15 is 0 Å². The van der Waals surface area contributed by atoms with Gasteiger partial charge in [-0.1, -0.05) is 115 Å². The summed E-state index contributed by atoms with van der Waals surface area (Å²) in [5.41, 5.74) is 0. The van der Waals surface area contributed by atoms with Crippen LogP contribution in [0.3, 0.4) is 0 Å². The van der Waals surface area contributed by atoms with Crippen molar-refractivity contribution in [2.24, 2.45) is 17.8 Å². The van der Waals surface area contributed by atoms with Crippen molar-refractivity contribution in [1.82, 2.24) is 0 Å². The van der Waals surface area contributed by atoms with E-state index in [1.807, 2.05) is 37.3 Å². The predicted molar refractivity (Wildman–Crippen MR) is 267 cm³/mol. The molecular formula is C53H92O17. The van der Waals surface area contributed by atoms with Gasteiger partial charge in [0.2, 0.25) is 0 Å². The van der Waals surface area contributed by atoms with Crippen LogP contribution in [0.5, 0.6) is 0 Å². The lowest BCUT2D eigenvalue weighted by Crippen LogP contribution is -2.23. The number of ether oxygens (including phenoxy) is 7. The van der Waals surface area contributed by atoms with Gasteiger partial charge in [-0.15, -0.1) is 0 Å². The lowest BCUT2D eigenvalue weighted by atomic mass is 10.0. The fourth-order valence-corrected chi connectivity index (χ4v) is 6.50. The van der Waals surface area contributed by atoms with E-state index < -0.39 is 35.7 Å². The molecule has 1 saturated heterocycles. The summed E-state index contributed by atoms with van der Waals surface area (Å²) in [7, 11) is 0. The fourth-order valence-electron chi connectivity index (χ4n) is 6.50. The number of allylic oxidation sites excluding steroid dienone is 6. The van der Waals surface area contributed by atoms with Crippen LogP contribution in [0.1, 0.15) is 169 Å². The van der Waals surface area contributed by atoms with Crippen LogP contribution in [0, 0.1) is 17.8 Å². The van der Waals surface area contributed by atoms with Crippen LogP contribution < -0.4 is 0 Å². The van der Waals surface area contributed by atoms with E-state index in [0.29, 0.717) is 26.2 Å². The van der Waals surface area contributed by atoms with Crippen LogP contribution in [0.4, 0.5) is 0 Å². The molecule has 4 N–H and O–H groups in total. The van der Waals surface area contributed by atoms with Gasteiger partial charge in [-0.2, -0.15) is 0 Å². The summed E-state index contributed by atoms with van der Waals surface area (Å²) in [5, 5.41) is 35.5. The van der Waals surface area contributed by atoms with Crippen LogP contribution in [0.15, 0.2) is 36.5 Å². The number of aliphatic carboxylic acids is 2. The first-order valence-electron chi connectivity index (χ1n) is 25.8. The van der Waals surface area contributed by atoms with Gasteiger partial charge in [-0.3, -0.25) is 28.8 Å². The highest BCUT2D eigenvalue weighted by Crippen LogP contribution is 2.20. The Morgan fingerprint density at radius 2 is 1.00 bits per heavy atom. The van der Waals surface area contributed by atoms with Crippen molar-refractivity contribution in [2.75, 3.05) is 66.1 Å². The van der Waals surface area contributed by atoms with Crippen molar-refractivity contribution in [1.29, 1.82) is 0 Å². The Kier molecular flexibility index (Phi) is 48.6. The number of hydrogen-bond donors (Lipinski definition) is 4. The maximum Gasteiger partial charge on any atom is 0.317 e. The number of aliphatic hydroxyl groups excluding tert-OH is 2. The lowest BCUT2D eigenvalue weighted by molar-refractivity contribution is -0.153. The lowest BCUT2D eigenvalue weighted by Gasteiger charge is -2.14. The van der Waals surface area contributed by atoms with E-state index in [0.717, 1.165) is 44.9 Å². The predicted octanol–water partition coefficient (Wildman–Crippen LogP) is 8.90. The van der Waals surface area contributed by atoms with E-state index in [1.54, 1.807) is 6.92 Å². The largest absolute Gasteiger partial charge is 0.481 e. The minimum atomic E-state index is -1.03. The molecule has 5 unspecified atom stereocenters. The third kappa shape index (κ3) is 45.2. The van der Waals surface area contributed by atoms with Gasteiger partial charge in [0.25, 0.3) is 0 Å². The van der Waals surface area contributed by atoms with Crippen LogP contribution in [0.2, 0.25) is 0 Å². The van der Waals surface area contributed by atoms with Crippen molar-refractivity contribution in [3.05, 3.63) is 36.5 Å². The molecular weight excluding hydrogens is 909 g/mol. The Hall–Kier alpha value is -4.00. The summed E-state index contributed by atoms with van der Waals surface area (Å²) in [6.45, 7) is 11.8. The maximum atomic E-state index is 12.1. The smallest absolute Gasteiger partial charge is 0.317 e. The molecule has 1 rings (SSSR count). The van der Waals surface area contributed by atoms with Crippen molar-refractivity contribution < 1.29 is 82.4 Å². The molecule has 0 aromatic heterocycles. The quantitative estimate of drug-likeness (QED) is 0.0146. The molecule has 0 aromatic rings. The average Bonchev–Trinajstić information content (AvgIpc) is 3.66. The second-order valence-corrected chi connectivity index (χ2v) is 17.2. The number of carboxylic acids is 2. The van der Waals surface area contributed by atoms with Gasteiger partial charge in [-0.05, 0) is 71.6 Å². The van der Waals surface area contributed by atoms with Gasteiger partial charge in [0.15, 0.2) is 0 Å². The SMILES string of the molecule is CC(COCCO)OCCO.CCCCCC/C=C/CC(CC(=O)OCCOCC(C)OCCOC(=O)CC(C/C=C/CCCCCC)C(=O)O)C(=O)O.CCCCCC/C=C/CC1CC(=O)OC1=O. The third-order valence-electron chi connectivity index (χ3n) is 10.6. The molecule has 0 amide bonds. The van der Waals surface area contributed by atoms with Gasteiger partial charge >= 0.3 is 35.8 Å². The van der Waals surface area contributed by atoms with E-state index in [1.165, 1.54) is 51.4 Å². The van der Waals surface area contributed by atoms with Gasteiger partial charge in [0.1, 0.15) is 13.2 Å². The van der Waals surface area contributed by atoms with E-state index in [2.05, 4.69) is 31.6 Å². The first kappa shape index (κ1) is 68.1. The molecule has 17 nitrogen and oxygen atoms in total. The second kappa shape index (κ2) is 50.0. The number of aliphatic hydroxyl groups is 2. The molecule has 0 spiro atoms. The molecule has 406 valence electrons. The minimum absolute atomic E-state index is 0.000811. The molecule has 1 heterocycles. The number of rotatable bonds is 43. The van der Waals surface area contributed by atoms with Crippen LogP contribution in [-0.4, -0.2) is 135 Å². The Balaban J connectivity index is 0. The summed E-state index contributed by atoms with van der Waals surface area (Å²) in [4.78, 5) is 68.9. The topological polar surface area (TPSA) is 248 Å². The van der Waals surface area contributed by atoms with Gasteiger partial charge < -0.3 is 53.6 Å². The molecule has 0 aliphatic carbocycles. The number of carbonyl (C=O) groups is 6. The Morgan fingerprint density at radius 3 is 1.41 bits per heavy atom. The summed E-state index contributed by atoms with van der Waals surface area (Å²) in [5.74, 6) is -5.83. The highest BCUT2D eigenvalue weighted by atomic mass is 16.6. The molecule has 70 heavy (non-hydrogen) atoms. The Morgan fingerprint density at radius 1 is 0.571 bits per heavy atom. The first-order valence-corrected chi connectivity index (χ1v) is 25.8. The summed E-state index contributed by atoms with van der Waals surface area (Å²) in [6.07, 6.45) is 29.5. The monoisotopic (exact) mass is 1000 g/mol. The van der Waals surface area contributed by atoms with Crippen LogP contribution >= 0.6 is 0 Å². The van der Waals surface area contributed by atoms with Crippen molar-refractivity contribution in [3.63, 3.8) is 0 Å². The molecule has 0 bridgehead atoms. The molecule has 0 aromatic carbocycles. The number of unbranched alkanes of at least 4 members (excludes halogenated alkanes) is 12. The van der Waals surface area contributed by atoms with E-state index in [4.69, 9.17) is 38.6 Å². The molecule has 17 heteroatoms. The van der Waals surface area contributed by atoms with E-state index in [-0.39, 0.29) is 108 Å². The zero-order valence-corrected chi connectivity index (χ0v) is 43.4. The molecule has 1 fully saturated rings. The van der Waals surface area contributed by atoms with Crippen molar-refractivity contribution in [3.8, 4) is 0 Å². The molecule has 0 radical (unpaired) electrons. The second-order valence-electron chi connectivity index (χ2n) is 17.2. The van der Waals surface area contributed by atoms with Gasteiger partial charge in [0.05, 0.1) is 102 Å². The Labute approximate surface area is 419 Å². The molecule has 5 atom stereocenters. The minimum Gasteiger partial charge on any atom is -0.481 e. The van der Waals surface area contributed by atoms with Gasteiger partial charge in [-0.25, -0.2) is 0 Å². The summed E-state index contributed by atoms with van der Waals surface area (Å²) >= 11 is 0. The molecule has 1 aliphatic heterocycles. The maximum absolute atomic E-state index is 12.1. The summed E-state index contributed by atoms with van der Waals surface area (Å²) in [6, 6.07) is 0. The number of esters is 4. The highest BCUT2D eigenvalue weighted by molar-refractivity contribution is 5.94. The van der Waals surface area contributed by atoms with Crippen molar-refractivity contribution in [2.45, 2.75) is 182 Å². The standard InChI is InChI=1S/C33H56O10.C13H20O3.C7H16O4/c1-4-6-8-10-12-14-16-18-28(32(36)37)24-30(34)42-21-20-40-26-27(3)41-22-23-43-31(35)25-29(33(38)39)19-17-15-13-11-9-7-5-2;1-2-3-4-5-6-7-8-9-11-10-12(14)16-13(11)15;1-7(11-5-3-9)6-10-4-2-8/h14-17,27-29H,4-13,18-26H2,1-3H3,(H,36,37)(H,38,39);7-8,11H,2-6,9-10H2,1H3;7-9H,2-6H2,1H3/b16-14+,17-15+;8-7+;. The van der Waals surface area contributed by atoms with Crippen LogP contribution in [-0.2, 0) is 61.9 Å². The Bertz CT molecular complexity index is 1410. The highest BCUT2D eigenvalue weighted by Gasteiger charge is 2.32. The molecule has 1 aliphatic rings. The zero-order valence-electron chi connectivity index (χ0n) is 43.4. The summed E-state index contributed by atoms with van der Waals surface area (Å²) < 4.78 is 35.7. The number of hydrogen-bond acceptors (Lipinski definition) is 15. The normalized spacial score (nSPS) is 15.2. The van der Waals surface area contributed by atoms with E-state index in [9.17, 15) is 39.0 Å².